The van der Waals surface area contributed by atoms with Gasteiger partial charge in [-0.2, -0.15) is 10.4 Å². The Morgan fingerprint density at radius 3 is 2.93 bits per heavy atom. The number of nitrogens with zero attached hydrogens (tertiary/aromatic N) is 5. The summed E-state index contributed by atoms with van der Waals surface area (Å²) in [5.41, 5.74) is 4.37. The predicted octanol–water partition coefficient (Wildman–Crippen LogP) is 4.80. The van der Waals surface area contributed by atoms with Gasteiger partial charge in [-0.25, -0.2) is 9.67 Å². The number of fused-ring (bicyclic) bond motifs is 2. The second-order valence-corrected chi connectivity index (χ2v) is 7.38. The molecule has 1 aliphatic rings. The van der Waals surface area contributed by atoms with Crippen LogP contribution in [-0.2, 0) is 6.42 Å². The molecule has 1 aromatic carbocycles. The Bertz CT molecular complexity index is 1260. The Labute approximate surface area is 172 Å². The molecule has 1 unspecified atom stereocenters. The highest BCUT2D eigenvalue weighted by atomic mass is 35.5. The van der Waals surface area contributed by atoms with Gasteiger partial charge in [-0.05, 0) is 49.1 Å². The first-order valence-electron chi connectivity index (χ1n) is 9.36. The van der Waals surface area contributed by atoms with E-state index >= 15 is 0 Å². The number of benzene rings is 1. The zero-order valence-electron chi connectivity index (χ0n) is 15.4. The van der Waals surface area contributed by atoms with Crippen LogP contribution in [0.25, 0.3) is 16.6 Å². The van der Waals surface area contributed by atoms with E-state index in [9.17, 15) is 0 Å². The van der Waals surface area contributed by atoms with Crippen LogP contribution < -0.4 is 4.74 Å². The molecule has 0 saturated heterocycles. The van der Waals surface area contributed by atoms with Crippen LogP contribution in [0, 0.1) is 11.3 Å². The van der Waals surface area contributed by atoms with Gasteiger partial charge >= 0.3 is 0 Å². The Hall–Kier alpha value is -3.43. The molecule has 142 valence electrons. The highest BCUT2D eigenvalue weighted by Gasteiger charge is 2.24. The van der Waals surface area contributed by atoms with Crippen LogP contribution in [0.5, 0.6) is 5.75 Å². The first-order valence-corrected chi connectivity index (χ1v) is 9.74. The van der Waals surface area contributed by atoms with E-state index in [1.54, 1.807) is 18.5 Å². The minimum Gasteiger partial charge on any atom is -0.484 e. The molecule has 0 radical (unpaired) electrons. The average molecular weight is 402 g/mol. The molecular formula is C22H16ClN5O. The number of halogens is 1. The van der Waals surface area contributed by atoms with Crippen LogP contribution in [0.2, 0.25) is 5.15 Å². The summed E-state index contributed by atoms with van der Waals surface area (Å²) in [5.74, 6) is 0.753. The van der Waals surface area contributed by atoms with Crippen molar-refractivity contribution in [2.45, 2.75) is 25.4 Å². The van der Waals surface area contributed by atoms with Crippen molar-refractivity contribution in [3.8, 4) is 17.5 Å². The Morgan fingerprint density at radius 2 is 2.07 bits per heavy atom. The highest BCUT2D eigenvalue weighted by Crippen LogP contribution is 2.34. The standard InChI is InChI=1S/C22H16ClN5O/c23-21-9-17(6-7-25-21)28-19-10-18(5-4-16(19)13-27-28)29-20-3-1-2-15-8-14(11-24)12-26-22(15)20/h4-10,12-13,20H,1-3H2. The summed E-state index contributed by atoms with van der Waals surface area (Å²) >= 11 is 6.04. The fourth-order valence-electron chi connectivity index (χ4n) is 3.77. The van der Waals surface area contributed by atoms with Gasteiger partial charge in [-0.15, -0.1) is 0 Å². The smallest absolute Gasteiger partial charge is 0.141 e. The van der Waals surface area contributed by atoms with Gasteiger partial charge in [0.05, 0.1) is 28.7 Å². The van der Waals surface area contributed by atoms with Gasteiger partial charge in [-0.1, -0.05) is 11.6 Å². The third kappa shape index (κ3) is 3.30. The number of aryl methyl sites for hydroxylation is 1. The summed E-state index contributed by atoms with van der Waals surface area (Å²) in [6, 6.07) is 13.6. The molecule has 0 amide bonds. The van der Waals surface area contributed by atoms with Crippen LogP contribution in [0.15, 0.2) is 55.0 Å². The van der Waals surface area contributed by atoms with Gasteiger partial charge in [0.25, 0.3) is 0 Å². The molecule has 4 aromatic rings. The van der Waals surface area contributed by atoms with Crippen LogP contribution >= 0.6 is 11.6 Å². The van der Waals surface area contributed by atoms with Crippen molar-refractivity contribution < 1.29 is 4.74 Å². The molecule has 0 fully saturated rings. The molecule has 7 heteroatoms. The van der Waals surface area contributed by atoms with E-state index in [2.05, 4.69) is 21.1 Å². The van der Waals surface area contributed by atoms with E-state index in [4.69, 9.17) is 21.6 Å². The maximum absolute atomic E-state index is 9.12. The van der Waals surface area contributed by atoms with Crippen molar-refractivity contribution in [2.75, 3.05) is 0 Å². The van der Waals surface area contributed by atoms with Gasteiger partial charge in [0.15, 0.2) is 0 Å². The lowest BCUT2D eigenvalue weighted by molar-refractivity contribution is 0.178. The second kappa shape index (κ2) is 7.19. The van der Waals surface area contributed by atoms with Crippen molar-refractivity contribution in [2.24, 2.45) is 0 Å². The van der Waals surface area contributed by atoms with E-state index < -0.39 is 0 Å². The molecule has 3 aromatic heterocycles. The number of rotatable bonds is 3. The van der Waals surface area contributed by atoms with Gasteiger partial charge in [0, 0.05) is 29.9 Å². The minimum absolute atomic E-state index is 0.129. The number of hydrogen-bond donors (Lipinski definition) is 0. The monoisotopic (exact) mass is 401 g/mol. The minimum atomic E-state index is -0.129. The van der Waals surface area contributed by atoms with E-state index in [1.165, 1.54) is 0 Å². The van der Waals surface area contributed by atoms with Gasteiger partial charge in [0.2, 0.25) is 0 Å². The van der Waals surface area contributed by atoms with Crippen LogP contribution in [0.1, 0.15) is 35.8 Å². The SMILES string of the molecule is N#Cc1cnc2c(c1)CCCC2Oc1ccc2cnn(-c3ccnc(Cl)c3)c2c1. The molecule has 1 atom stereocenters. The normalized spacial score (nSPS) is 15.7. The van der Waals surface area contributed by atoms with Crippen molar-refractivity contribution in [1.29, 1.82) is 5.26 Å². The van der Waals surface area contributed by atoms with Crippen molar-refractivity contribution in [3.05, 3.63) is 77.0 Å². The number of hydrogen-bond acceptors (Lipinski definition) is 5. The molecule has 0 aliphatic heterocycles. The second-order valence-electron chi connectivity index (χ2n) is 6.99. The Balaban J connectivity index is 1.50. The largest absolute Gasteiger partial charge is 0.484 e. The lowest BCUT2D eigenvalue weighted by Gasteiger charge is -2.25. The summed E-state index contributed by atoms with van der Waals surface area (Å²) < 4.78 is 8.14. The molecule has 5 rings (SSSR count). The summed E-state index contributed by atoms with van der Waals surface area (Å²) in [4.78, 5) is 8.54. The van der Waals surface area contributed by atoms with Gasteiger partial charge < -0.3 is 4.74 Å². The van der Waals surface area contributed by atoms with Gasteiger partial charge in [-0.3, -0.25) is 4.98 Å². The Kier molecular flexibility index (Phi) is 4.38. The molecule has 29 heavy (non-hydrogen) atoms. The van der Waals surface area contributed by atoms with Crippen molar-refractivity contribution in [1.82, 2.24) is 19.7 Å². The lowest BCUT2D eigenvalue weighted by Crippen LogP contribution is -2.17. The third-order valence-electron chi connectivity index (χ3n) is 5.12. The van der Waals surface area contributed by atoms with Crippen LogP contribution in [0.4, 0.5) is 0 Å². The highest BCUT2D eigenvalue weighted by molar-refractivity contribution is 6.29. The van der Waals surface area contributed by atoms with E-state index in [-0.39, 0.29) is 6.10 Å². The van der Waals surface area contributed by atoms with Crippen molar-refractivity contribution in [3.63, 3.8) is 0 Å². The number of nitriles is 1. The quantitative estimate of drug-likeness (QED) is 0.461. The van der Waals surface area contributed by atoms with E-state index in [0.717, 1.165) is 52.9 Å². The van der Waals surface area contributed by atoms with Crippen molar-refractivity contribution >= 4 is 22.5 Å². The number of ether oxygens (including phenoxy) is 1. The maximum atomic E-state index is 9.12. The zero-order valence-corrected chi connectivity index (χ0v) is 16.2. The summed E-state index contributed by atoms with van der Waals surface area (Å²) in [5, 5.41) is 15.0. The number of aromatic nitrogens is 4. The zero-order chi connectivity index (χ0) is 19.8. The lowest BCUT2D eigenvalue weighted by atomic mass is 9.93. The summed E-state index contributed by atoms with van der Waals surface area (Å²) in [6.07, 6.45) is 7.78. The molecular weight excluding hydrogens is 386 g/mol. The molecule has 0 spiro atoms. The molecule has 6 nitrogen and oxygen atoms in total. The number of pyridine rings is 2. The fourth-order valence-corrected chi connectivity index (χ4v) is 3.94. The first kappa shape index (κ1) is 17.7. The van der Waals surface area contributed by atoms with Crippen LogP contribution in [-0.4, -0.2) is 19.7 Å². The molecule has 0 bridgehead atoms. The third-order valence-corrected chi connectivity index (χ3v) is 5.33. The van der Waals surface area contributed by atoms with Gasteiger partial charge in [0.1, 0.15) is 23.1 Å². The molecule has 0 N–H and O–H groups in total. The fraction of sp³-hybridized carbons (Fsp3) is 0.182. The molecule has 1 aliphatic carbocycles. The Morgan fingerprint density at radius 1 is 1.14 bits per heavy atom. The summed E-state index contributed by atoms with van der Waals surface area (Å²) in [7, 11) is 0. The predicted molar refractivity (Wildman–Crippen MR) is 109 cm³/mol. The average Bonchev–Trinajstić information content (AvgIpc) is 3.17. The molecule has 3 heterocycles. The maximum Gasteiger partial charge on any atom is 0.141 e. The van der Waals surface area contributed by atoms with E-state index in [0.29, 0.717) is 10.7 Å². The van der Waals surface area contributed by atoms with Crippen LogP contribution in [0.3, 0.4) is 0 Å². The summed E-state index contributed by atoms with van der Waals surface area (Å²) in [6.45, 7) is 0. The topological polar surface area (TPSA) is 76.6 Å². The first-order chi connectivity index (χ1) is 14.2. The van der Waals surface area contributed by atoms with E-state index in [1.807, 2.05) is 41.2 Å². The molecule has 0 saturated carbocycles.